The molecule has 1 heterocycles. The first-order chi connectivity index (χ1) is 5.34. The molecule has 0 aliphatic carbocycles. The number of allylic oxidation sites excluding steroid dienone is 1. The zero-order valence-corrected chi connectivity index (χ0v) is 5.61. The number of nitrogens with one attached hydrogen (secondary N) is 1. The molecule has 0 aromatic carbocycles. The molecule has 0 radical (unpaired) electrons. The van der Waals surface area contributed by atoms with E-state index in [1.165, 1.54) is 18.6 Å². The Bertz CT molecular complexity index is 301. The lowest BCUT2D eigenvalue weighted by Crippen LogP contribution is -1.97. The van der Waals surface area contributed by atoms with Gasteiger partial charge in [-0.05, 0) is 11.9 Å². The molecular formula is C7H5N3O. The fourth-order valence-corrected chi connectivity index (χ4v) is 0.576. The van der Waals surface area contributed by atoms with Crippen LogP contribution in [0.15, 0.2) is 24.7 Å². The maximum absolute atomic E-state index is 10.9. The Labute approximate surface area is 63.1 Å². The van der Waals surface area contributed by atoms with Crippen molar-refractivity contribution < 1.29 is 4.79 Å². The standard InChI is InChI=1S/C7H5N3O/c8-3-1-7(11)6-2-4-9-5-10-6/h1-2,4-5,8H. The third kappa shape index (κ3) is 1.81. The maximum Gasteiger partial charge on any atom is 0.213 e. The van der Waals surface area contributed by atoms with E-state index >= 15 is 0 Å². The molecular weight excluding hydrogens is 142 g/mol. The van der Waals surface area contributed by atoms with Crippen molar-refractivity contribution in [1.82, 2.24) is 9.97 Å². The van der Waals surface area contributed by atoms with Gasteiger partial charge in [0.05, 0.1) is 0 Å². The first-order valence-corrected chi connectivity index (χ1v) is 2.90. The summed E-state index contributed by atoms with van der Waals surface area (Å²) in [6, 6.07) is 1.48. The van der Waals surface area contributed by atoms with Gasteiger partial charge in [0.25, 0.3) is 0 Å². The summed E-state index contributed by atoms with van der Waals surface area (Å²) in [4.78, 5) is 18.2. The molecule has 4 nitrogen and oxygen atoms in total. The number of hydrogen-bond donors (Lipinski definition) is 1. The monoisotopic (exact) mass is 147 g/mol. The molecule has 0 fully saturated rings. The molecule has 1 aromatic heterocycles. The average Bonchev–Trinajstić information content (AvgIpc) is 2.07. The minimum absolute atomic E-state index is 0.278. The normalized spacial score (nSPS) is 8.36. The fraction of sp³-hybridized carbons (Fsp3) is 0. The third-order valence-corrected chi connectivity index (χ3v) is 1.04. The first kappa shape index (κ1) is 7.31. The van der Waals surface area contributed by atoms with Gasteiger partial charge >= 0.3 is 0 Å². The second kappa shape index (κ2) is 3.39. The summed E-state index contributed by atoms with van der Waals surface area (Å²) in [5.74, 6) is 1.55. The fourth-order valence-electron chi connectivity index (χ4n) is 0.576. The number of ketones is 1. The third-order valence-electron chi connectivity index (χ3n) is 1.04. The van der Waals surface area contributed by atoms with Gasteiger partial charge in [-0.2, -0.15) is 0 Å². The van der Waals surface area contributed by atoms with Crippen LogP contribution >= 0.6 is 0 Å². The van der Waals surface area contributed by atoms with Gasteiger partial charge in [-0.25, -0.2) is 9.97 Å². The number of carbonyl (C=O) groups excluding carboxylic acids is 1. The highest BCUT2D eigenvalue weighted by Gasteiger charge is 2.00. The molecule has 0 atom stereocenters. The summed E-state index contributed by atoms with van der Waals surface area (Å²) in [5.41, 5.74) is 0.278. The Morgan fingerprint density at radius 3 is 3.09 bits per heavy atom. The predicted octanol–water partition coefficient (Wildman–Crippen LogP) is 0.464. The van der Waals surface area contributed by atoms with Gasteiger partial charge in [0.15, 0.2) is 0 Å². The highest BCUT2D eigenvalue weighted by Crippen LogP contribution is 1.91. The Hall–Kier alpha value is -1.80. The van der Waals surface area contributed by atoms with Crippen molar-refractivity contribution in [3.05, 3.63) is 30.4 Å². The number of aromatic nitrogens is 2. The van der Waals surface area contributed by atoms with Crippen LogP contribution in [0.25, 0.3) is 0 Å². The van der Waals surface area contributed by atoms with E-state index in [1.807, 2.05) is 5.87 Å². The highest BCUT2D eigenvalue weighted by atomic mass is 16.1. The van der Waals surface area contributed by atoms with E-state index in [0.29, 0.717) is 0 Å². The molecule has 1 N–H and O–H groups in total. The van der Waals surface area contributed by atoms with Crippen molar-refractivity contribution in [3.63, 3.8) is 0 Å². The van der Waals surface area contributed by atoms with Crippen LogP contribution < -0.4 is 0 Å². The second-order valence-corrected chi connectivity index (χ2v) is 1.75. The summed E-state index contributed by atoms with van der Waals surface area (Å²) in [6.45, 7) is 0. The quantitative estimate of drug-likeness (QED) is 0.375. The van der Waals surface area contributed by atoms with Gasteiger partial charge in [-0.15, -0.1) is 0 Å². The molecule has 11 heavy (non-hydrogen) atoms. The van der Waals surface area contributed by atoms with E-state index in [-0.39, 0.29) is 11.5 Å². The summed E-state index contributed by atoms with van der Waals surface area (Å²) >= 11 is 0. The lowest BCUT2D eigenvalue weighted by atomic mass is 10.3. The lowest BCUT2D eigenvalue weighted by Gasteiger charge is -1.88. The maximum atomic E-state index is 10.9. The zero-order chi connectivity index (χ0) is 8.10. The lowest BCUT2D eigenvalue weighted by molar-refractivity contribution is 0.104. The minimum atomic E-state index is -0.331. The summed E-state index contributed by atoms with van der Waals surface area (Å²) in [7, 11) is 0. The van der Waals surface area contributed by atoms with Crippen LogP contribution in [0.1, 0.15) is 10.5 Å². The van der Waals surface area contributed by atoms with Crippen LogP contribution in [-0.4, -0.2) is 21.6 Å². The van der Waals surface area contributed by atoms with E-state index < -0.39 is 0 Å². The Morgan fingerprint density at radius 2 is 2.55 bits per heavy atom. The van der Waals surface area contributed by atoms with Crippen molar-refractivity contribution in [2.75, 3.05) is 0 Å². The highest BCUT2D eigenvalue weighted by molar-refractivity contribution is 6.07. The van der Waals surface area contributed by atoms with E-state index in [0.717, 1.165) is 6.08 Å². The van der Waals surface area contributed by atoms with E-state index in [2.05, 4.69) is 9.97 Å². The number of carbonyl (C=O) groups is 1. The van der Waals surface area contributed by atoms with Crippen molar-refractivity contribution in [3.8, 4) is 0 Å². The molecule has 0 amide bonds. The average molecular weight is 147 g/mol. The molecule has 54 valence electrons. The van der Waals surface area contributed by atoms with Crippen molar-refractivity contribution in [1.29, 1.82) is 5.41 Å². The molecule has 1 rings (SSSR count). The molecule has 0 aliphatic rings. The number of nitrogens with zero attached hydrogens (tertiary/aromatic N) is 2. The molecule has 4 heteroatoms. The van der Waals surface area contributed by atoms with Crippen LogP contribution in [0.3, 0.4) is 0 Å². The molecule has 0 unspecified atom stereocenters. The SMILES string of the molecule is N=C=CC(=O)c1ccncn1. The largest absolute Gasteiger partial charge is 0.287 e. The number of hydrogen-bond acceptors (Lipinski definition) is 4. The molecule has 0 saturated heterocycles. The molecule has 0 aliphatic heterocycles. The first-order valence-electron chi connectivity index (χ1n) is 2.90. The van der Waals surface area contributed by atoms with E-state index in [4.69, 9.17) is 5.41 Å². The number of rotatable bonds is 2. The zero-order valence-electron chi connectivity index (χ0n) is 5.61. The van der Waals surface area contributed by atoms with Crippen LogP contribution in [0.5, 0.6) is 0 Å². The smallest absolute Gasteiger partial charge is 0.213 e. The Morgan fingerprint density at radius 1 is 1.73 bits per heavy atom. The van der Waals surface area contributed by atoms with Gasteiger partial charge in [0.2, 0.25) is 5.78 Å². The topological polar surface area (TPSA) is 66.7 Å². The minimum Gasteiger partial charge on any atom is -0.287 e. The van der Waals surface area contributed by atoms with E-state index in [9.17, 15) is 4.79 Å². The van der Waals surface area contributed by atoms with E-state index in [1.54, 1.807) is 0 Å². The summed E-state index contributed by atoms with van der Waals surface area (Å²) in [5, 5.41) is 6.51. The van der Waals surface area contributed by atoms with Crippen LogP contribution in [0.2, 0.25) is 0 Å². The molecule has 0 saturated carbocycles. The van der Waals surface area contributed by atoms with Crippen molar-refractivity contribution >= 4 is 11.7 Å². The van der Waals surface area contributed by atoms with Crippen LogP contribution in [0, 0.1) is 5.41 Å². The van der Waals surface area contributed by atoms with Gasteiger partial charge < -0.3 is 0 Å². The van der Waals surface area contributed by atoms with Crippen LogP contribution in [-0.2, 0) is 0 Å². The van der Waals surface area contributed by atoms with Crippen molar-refractivity contribution in [2.45, 2.75) is 0 Å². The second-order valence-electron chi connectivity index (χ2n) is 1.75. The van der Waals surface area contributed by atoms with Crippen molar-refractivity contribution in [2.24, 2.45) is 0 Å². The molecule has 1 aromatic rings. The Kier molecular flexibility index (Phi) is 2.25. The van der Waals surface area contributed by atoms with Crippen LogP contribution in [0.4, 0.5) is 0 Å². The predicted molar refractivity (Wildman–Crippen MR) is 38.7 cm³/mol. The van der Waals surface area contributed by atoms with Gasteiger partial charge in [0.1, 0.15) is 12.0 Å². The van der Waals surface area contributed by atoms with Gasteiger partial charge in [-0.3, -0.25) is 10.2 Å². The summed E-state index contributed by atoms with van der Waals surface area (Å²) < 4.78 is 0. The molecule has 0 spiro atoms. The van der Waals surface area contributed by atoms with Gasteiger partial charge in [0, 0.05) is 12.3 Å². The molecule has 0 bridgehead atoms. The van der Waals surface area contributed by atoms with Gasteiger partial charge in [-0.1, -0.05) is 0 Å². The Balaban J connectivity index is 2.94. The summed E-state index contributed by atoms with van der Waals surface area (Å²) in [6.07, 6.45) is 3.77.